The number of nitrogens with zero attached hydrogens (tertiary/aromatic N) is 3. The van der Waals surface area contributed by atoms with E-state index in [4.69, 9.17) is 0 Å². The van der Waals surface area contributed by atoms with Crippen molar-refractivity contribution in [3.63, 3.8) is 0 Å². The van der Waals surface area contributed by atoms with Gasteiger partial charge in [-0.25, -0.2) is 8.91 Å². The molecule has 2 aromatic heterocycles. The van der Waals surface area contributed by atoms with Crippen LogP contribution in [0.15, 0.2) is 47.5 Å². The van der Waals surface area contributed by atoms with Gasteiger partial charge in [-0.1, -0.05) is 15.9 Å². The molecule has 0 aliphatic heterocycles. The van der Waals surface area contributed by atoms with E-state index in [1.165, 1.54) is 6.07 Å². The lowest BCUT2D eigenvalue weighted by molar-refractivity contribution is 0.586. The molecule has 0 aliphatic rings. The highest BCUT2D eigenvalue weighted by atomic mass is 79.9. The van der Waals surface area contributed by atoms with E-state index in [0.29, 0.717) is 6.42 Å². The van der Waals surface area contributed by atoms with Crippen molar-refractivity contribution in [2.75, 3.05) is 7.05 Å². The van der Waals surface area contributed by atoms with Gasteiger partial charge >= 0.3 is 0 Å². The van der Waals surface area contributed by atoms with E-state index in [-0.39, 0.29) is 11.9 Å². The molecule has 21 heavy (non-hydrogen) atoms. The van der Waals surface area contributed by atoms with Crippen molar-refractivity contribution in [3.8, 4) is 0 Å². The zero-order valence-corrected chi connectivity index (χ0v) is 13.0. The fourth-order valence-electron chi connectivity index (χ4n) is 2.41. The van der Waals surface area contributed by atoms with Crippen molar-refractivity contribution in [1.82, 2.24) is 19.9 Å². The molecule has 3 aromatic rings. The van der Waals surface area contributed by atoms with Gasteiger partial charge in [-0.05, 0) is 37.2 Å². The maximum atomic E-state index is 13.4. The second-order valence-electron chi connectivity index (χ2n) is 4.79. The topological polar surface area (TPSA) is 42.2 Å². The SMILES string of the molecule is CNC(Cc1cc(F)ccc1Br)c1cnn2ccncc12. The summed E-state index contributed by atoms with van der Waals surface area (Å²) in [5.74, 6) is -0.232. The van der Waals surface area contributed by atoms with Crippen LogP contribution in [0.1, 0.15) is 17.2 Å². The minimum atomic E-state index is -0.232. The second kappa shape index (κ2) is 5.91. The molecule has 0 saturated heterocycles. The quantitative estimate of drug-likeness (QED) is 0.787. The van der Waals surface area contributed by atoms with Crippen molar-refractivity contribution in [2.45, 2.75) is 12.5 Å². The highest BCUT2D eigenvalue weighted by molar-refractivity contribution is 9.10. The van der Waals surface area contributed by atoms with Gasteiger partial charge in [0.05, 0.1) is 17.9 Å². The van der Waals surface area contributed by atoms with Crippen LogP contribution in [0.5, 0.6) is 0 Å². The van der Waals surface area contributed by atoms with Gasteiger partial charge in [0.2, 0.25) is 0 Å². The van der Waals surface area contributed by atoms with Crippen LogP contribution in [0.2, 0.25) is 0 Å². The Balaban J connectivity index is 1.97. The predicted octanol–water partition coefficient (Wildman–Crippen LogP) is 3.13. The standard InChI is InChI=1S/C15H14BrFN4/c1-18-14(7-10-6-11(17)2-3-13(10)16)12-8-20-21-5-4-19-9-15(12)21/h2-6,8-9,14,18H,7H2,1H3. The molecular weight excluding hydrogens is 335 g/mol. The molecule has 0 radical (unpaired) electrons. The van der Waals surface area contributed by atoms with E-state index in [1.54, 1.807) is 29.0 Å². The van der Waals surface area contributed by atoms with Gasteiger partial charge in [0.25, 0.3) is 0 Å². The lowest BCUT2D eigenvalue weighted by atomic mass is 10.0. The van der Waals surface area contributed by atoms with Crippen LogP contribution in [0.25, 0.3) is 5.52 Å². The molecule has 1 unspecified atom stereocenters. The first-order valence-electron chi connectivity index (χ1n) is 6.57. The molecule has 0 saturated carbocycles. The van der Waals surface area contributed by atoms with Crippen molar-refractivity contribution in [3.05, 3.63) is 64.4 Å². The van der Waals surface area contributed by atoms with Gasteiger partial charge in [0.15, 0.2) is 0 Å². The molecule has 1 atom stereocenters. The number of likely N-dealkylation sites (N-methyl/N-ethyl adjacent to an activating group) is 1. The largest absolute Gasteiger partial charge is 0.313 e. The van der Waals surface area contributed by atoms with E-state index in [2.05, 4.69) is 31.3 Å². The molecule has 4 nitrogen and oxygen atoms in total. The molecule has 0 amide bonds. The molecule has 0 aliphatic carbocycles. The summed E-state index contributed by atoms with van der Waals surface area (Å²) in [7, 11) is 1.89. The Morgan fingerprint density at radius 3 is 3.05 bits per heavy atom. The van der Waals surface area contributed by atoms with Crippen LogP contribution < -0.4 is 5.32 Å². The normalized spacial score (nSPS) is 12.7. The van der Waals surface area contributed by atoms with E-state index >= 15 is 0 Å². The molecular formula is C15H14BrFN4. The maximum absolute atomic E-state index is 13.4. The number of halogens is 2. The molecule has 0 bridgehead atoms. The molecule has 1 aromatic carbocycles. The Hall–Kier alpha value is -1.79. The van der Waals surface area contributed by atoms with Gasteiger partial charge in [0, 0.05) is 28.5 Å². The van der Waals surface area contributed by atoms with Crippen LogP contribution in [0.3, 0.4) is 0 Å². The Morgan fingerprint density at radius 2 is 2.24 bits per heavy atom. The number of nitrogens with one attached hydrogen (secondary N) is 1. The van der Waals surface area contributed by atoms with Gasteiger partial charge in [-0.15, -0.1) is 0 Å². The van der Waals surface area contributed by atoms with Crippen LogP contribution in [-0.4, -0.2) is 21.6 Å². The molecule has 108 valence electrons. The zero-order chi connectivity index (χ0) is 14.8. The monoisotopic (exact) mass is 348 g/mol. The highest BCUT2D eigenvalue weighted by Crippen LogP contribution is 2.26. The number of hydrogen-bond acceptors (Lipinski definition) is 3. The molecule has 0 spiro atoms. The predicted molar refractivity (Wildman–Crippen MR) is 82.6 cm³/mol. The van der Waals surface area contributed by atoms with Gasteiger partial charge in [0.1, 0.15) is 5.82 Å². The number of aromatic nitrogens is 3. The summed E-state index contributed by atoms with van der Waals surface area (Å²) in [5.41, 5.74) is 2.91. The van der Waals surface area contributed by atoms with E-state index in [9.17, 15) is 4.39 Å². The summed E-state index contributed by atoms with van der Waals surface area (Å²) >= 11 is 3.47. The van der Waals surface area contributed by atoms with E-state index in [0.717, 1.165) is 21.1 Å². The second-order valence-corrected chi connectivity index (χ2v) is 5.64. The van der Waals surface area contributed by atoms with E-state index in [1.807, 2.05) is 19.4 Å². The fraction of sp³-hybridized carbons (Fsp3) is 0.200. The smallest absolute Gasteiger partial charge is 0.123 e. The average molecular weight is 349 g/mol. The van der Waals surface area contributed by atoms with Crippen molar-refractivity contribution in [1.29, 1.82) is 0 Å². The van der Waals surface area contributed by atoms with Crippen LogP contribution in [0.4, 0.5) is 4.39 Å². The maximum Gasteiger partial charge on any atom is 0.123 e. The number of rotatable bonds is 4. The Bertz CT molecular complexity index is 771. The highest BCUT2D eigenvalue weighted by Gasteiger charge is 2.17. The van der Waals surface area contributed by atoms with E-state index < -0.39 is 0 Å². The summed E-state index contributed by atoms with van der Waals surface area (Å²) in [6, 6.07) is 4.76. The van der Waals surface area contributed by atoms with Gasteiger partial charge in [-0.2, -0.15) is 5.10 Å². The summed E-state index contributed by atoms with van der Waals surface area (Å²) in [5, 5.41) is 7.59. The van der Waals surface area contributed by atoms with Gasteiger partial charge in [-0.3, -0.25) is 4.98 Å². The summed E-state index contributed by atoms with van der Waals surface area (Å²) < 4.78 is 16.1. The van der Waals surface area contributed by atoms with Crippen molar-refractivity contribution < 1.29 is 4.39 Å². The minimum absolute atomic E-state index is 0.0322. The van der Waals surface area contributed by atoms with Crippen molar-refractivity contribution in [2.24, 2.45) is 0 Å². The first kappa shape index (κ1) is 14.2. The number of benzene rings is 1. The van der Waals surface area contributed by atoms with Gasteiger partial charge < -0.3 is 5.32 Å². The number of fused-ring (bicyclic) bond motifs is 1. The molecule has 3 rings (SSSR count). The third kappa shape index (κ3) is 2.82. The number of hydrogen-bond donors (Lipinski definition) is 1. The fourth-order valence-corrected chi connectivity index (χ4v) is 2.82. The first-order valence-corrected chi connectivity index (χ1v) is 7.37. The zero-order valence-electron chi connectivity index (χ0n) is 11.4. The molecule has 0 fully saturated rings. The molecule has 1 N–H and O–H groups in total. The lowest BCUT2D eigenvalue weighted by Crippen LogP contribution is -2.19. The Labute approximate surface area is 130 Å². The molecule has 6 heteroatoms. The Kier molecular flexibility index (Phi) is 3.98. The summed E-state index contributed by atoms with van der Waals surface area (Å²) in [4.78, 5) is 4.14. The molecule has 2 heterocycles. The summed E-state index contributed by atoms with van der Waals surface area (Å²) in [6.45, 7) is 0. The minimum Gasteiger partial charge on any atom is -0.313 e. The summed E-state index contributed by atoms with van der Waals surface area (Å²) in [6.07, 6.45) is 7.77. The Morgan fingerprint density at radius 1 is 1.38 bits per heavy atom. The third-order valence-electron chi connectivity index (χ3n) is 3.51. The van der Waals surface area contributed by atoms with Crippen LogP contribution >= 0.6 is 15.9 Å². The average Bonchev–Trinajstić information content (AvgIpc) is 2.92. The van der Waals surface area contributed by atoms with Crippen LogP contribution in [-0.2, 0) is 6.42 Å². The van der Waals surface area contributed by atoms with Crippen molar-refractivity contribution >= 4 is 21.4 Å². The lowest BCUT2D eigenvalue weighted by Gasteiger charge is -2.16. The first-order chi connectivity index (χ1) is 10.2. The third-order valence-corrected chi connectivity index (χ3v) is 4.28. The van der Waals surface area contributed by atoms with Crippen LogP contribution in [0, 0.1) is 5.82 Å².